The summed E-state index contributed by atoms with van der Waals surface area (Å²) < 4.78 is 0. The van der Waals surface area contributed by atoms with Crippen molar-refractivity contribution in [2.24, 2.45) is 11.5 Å². The van der Waals surface area contributed by atoms with Crippen molar-refractivity contribution >= 4 is 0 Å². The van der Waals surface area contributed by atoms with Gasteiger partial charge in [0.15, 0.2) is 0 Å². The van der Waals surface area contributed by atoms with Crippen LogP contribution in [-0.2, 0) is 0 Å². The van der Waals surface area contributed by atoms with Gasteiger partial charge in [-0.05, 0) is 13.0 Å². The maximum absolute atomic E-state index is 5.23. The molecule has 5 N–H and O–H groups in total. The van der Waals surface area contributed by atoms with Gasteiger partial charge < -0.3 is 11.5 Å². The van der Waals surface area contributed by atoms with Crippen molar-refractivity contribution in [2.45, 2.75) is 6.42 Å². The second kappa shape index (κ2) is 7.84. The van der Waals surface area contributed by atoms with Crippen LogP contribution in [-0.4, -0.2) is 26.2 Å². The fourth-order valence-corrected chi connectivity index (χ4v) is 0.393. The topological polar surface area (TPSA) is 78.2 Å². The van der Waals surface area contributed by atoms with Gasteiger partial charge in [0, 0.05) is 19.6 Å². The molecule has 4 heteroatoms. The first-order valence-corrected chi connectivity index (χ1v) is 3.21. The fraction of sp³-hybridized carbons (Fsp3) is 1.00. The van der Waals surface area contributed by atoms with Crippen LogP contribution in [0.1, 0.15) is 6.42 Å². The van der Waals surface area contributed by atoms with Crippen LogP contribution in [0.5, 0.6) is 0 Å². The molecule has 9 heavy (non-hydrogen) atoms. The van der Waals surface area contributed by atoms with Crippen molar-refractivity contribution in [1.82, 2.24) is 10.9 Å². The standard InChI is InChI=1S/C5H15N4/c6-2-1-4-8-9-5-3-7/h9H,1-7H2. The molecule has 0 spiro atoms. The number of nitrogens with zero attached hydrogens (tertiary/aromatic N) is 1. The van der Waals surface area contributed by atoms with E-state index in [1.165, 1.54) is 0 Å². The minimum atomic E-state index is 0.631. The lowest BCUT2D eigenvalue weighted by Crippen LogP contribution is -2.31. The van der Waals surface area contributed by atoms with Crippen LogP contribution in [0.15, 0.2) is 0 Å². The van der Waals surface area contributed by atoms with Gasteiger partial charge in [0.1, 0.15) is 0 Å². The Labute approximate surface area is 55.9 Å². The molecule has 0 aromatic carbocycles. The first kappa shape index (κ1) is 8.84. The lowest BCUT2D eigenvalue weighted by atomic mass is 10.4. The largest absolute Gasteiger partial charge is 0.330 e. The third-order valence-electron chi connectivity index (χ3n) is 0.842. The smallest absolute Gasteiger partial charge is 0.0316 e. The second-order valence-electron chi connectivity index (χ2n) is 1.72. The van der Waals surface area contributed by atoms with E-state index in [0.29, 0.717) is 13.1 Å². The summed E-state index contributed by atoms with van der Waals surface area (Å²) in [5.74, 6) is 0. The molecule has 0 amide bonds. The summed E-state index contributed by atoms with van der Waals surface area (Å²) in [5, 5.41) is 0. The van der Waals surface area contributed by atoms with Crippen LogP contribution in [0.25, 0.3) is 0 Å². The van der Waals surface area contributed by atoms with Gasteiger partial charge in [0.2, 0.25) is 0 Å². The molecule has 0 rings (SSSR count). The summed E-state index contributed by atoms with van der Waals surface area (Å²) in [7, 11) is 0. The maximum atomic E-state index is 5.23. The monoisotopic (exact) mass is 131 g/mol. The molecule has 0 aromatic rings. The minimum Gasteiger partial charge on any atom is -0.330 e. The van der Waals surface area contributed by atoms with E-state index < -0.39 is 0 Å². The fourth-order valence-electron chi connectivity index (χ4n) is 0.393. The van der Waals surface area contributed by atoms with E-state index in [1.54, 1.807) is 0 Å². The van der Waals surface area contributed by atoms with Crippen molar-refractivity contribution in [3.8, 4) is 0 Å². The number of hydrogen-bond donors (Lipinski definition) is 3. The lowest BCUT2D eigenvalue weighted by molar-refractivity contribution is 0.517. The molecular formula is C5H15N4. The molecule has 0 atom stereocenters. The highest BCUT2D eigenvalue weighted by Crippen LogP contribution is 1.66. The van der Waals surface area contributed by atoms with E-state index in [4.69, 9.17) is 11.5 Å². The zero-order valence-electron chi connectivity index (χ0n) is 5.64. The van der Waals surface area contributed by atoms with E-state index in [0.717, 1.165) is 19.5 Å². The number of rotatable bonds is 6. The van der Waals surface area contributed by atoms with Crippen LogP contribution >= 0.6 is 0 Å². The lowest BCUT2D eigenvalue weighted by Gasteiger charge is -1.99. The van der Waals surface area contributed by atoms with Gasteiger partial charge in [-0.25, -0.2) is 5.43 Å². The Bertz CT molecular complexity index is 42.2. The van der Waals surface area contributed by atoms with Gasteiger partial charge in [-0.1, -0.05) is 0 Å². The van der Waals surface area contributed by atoms with Crippen molar-refractivity contribution in [1.29, 1.82) is 0 Å². The van der Waals surface area contributed by atoms with Crippen LogP contribution < -0.4 is 22.3 Å². The van der Waals surface area contributed by atoms with Gasteiger partial charge in [-0.15, -0.1) is 0 Å². The molecule has 0 heterocycles. The molecule has 0 unspecified atom stereocenters. The quantitative estimate of drug-likeness (QED) is 0.300. The van der Waals surface area contributed by atoms with Crippen molar-refractivity contribution < 1.29 is 0 Å². The van der Waals surface area contributed by atoms with Crippen LogP contribution in [0.4, 0.5) is 0 Å². The third-order valence-corrected chi connectivity index (χ3v) is 0.842. The Kier molecular flexibility index (Phi) is 7.70. The zero-order valence-corrected chi connectivity index (χ0v) is 5.64. The Morgan fingerprint density at radius 2 is 2.00 bits per heavy atom. The predicted molar refractivity (Wildman–Crippen MR) is 37.7 cm³/mol. The first-order valence-electron chi connectivity index (χ1n) is 3.21. The molecule has 0 aromatic heterocycles. The van der Waals surface area contributed by atoms with Crippen LogP contribution in [0.3, 0.4) is 0 Å². The predicted octanol–water partition coefficient (Wildman–Crippen LogP) is -1.60. The van der Waals surface area contributed by atoms with Crippen LogP contribution in [0.2, 0.25) is 0 Å². The molecule has 0 bridgehead atoms. The van der Waals surface area contributed by atoms with Gasteiger partial charge in [0.25, 0.3) is 0 Å². The molecule has 1 radical (unpaired) electrons. The number of nitrogens with two attached hydrogens (primary N) is 2. The van der Waals surface area contributed by atoms with Gasteiger partial charge in [0.05, 0.1) is 0 Å². The molecular weight excluding hydrogens is 116 g/mol. The Hall–Kier alpha value is -0.160. The van der Waals surface area contributed by atoms with Crippen molar-refractivity contribution in [3.05, 3.63) is 0 Å². The summed E-state index contributed by atoms with van der Waals surface area (Å²) in [6.45, 7) is 2.88. The summed E-state index contributed by atoms with van der Waals surface area (Å²) in [6, 6.07) is 0. The highest BCUT2D eigenvalue weighted by molar-refractivity contribution is 4.43. The molecule has 0 saturated heterocycles. The summed E-state index contributed by atoms with van der Waals surface area (Å²) in [6.07, 6.45) is 0.942. The van der Waals surface area contributed by atoms with Crippen molar-refractivity contribution in [2.75, 3.05) is 26.2 Å². The molecule has 55 valence electrons. The minimum absolute atomic E-state index is 0.631. The average Bonchev–Trinajstić information content (AvgIpc) is 1.89. The van der Waals surface area contributed by atoms with E-state index in [-0.39, 0.29) is 0 Å². The summed E-state index contributed by atoms with van der Waals surface area (Å²) >= 11 is 0. The third kappa shape index (κ3) is 7.84. The molecule has 0 saturated carbocycles. The highest BCUT2D eigenvalue weighted by Gasteiger charge is 1.83. The highest BCUT2D eigenvalue weighted by atomic mass is 15.3. The average molecular weight is 131 g/mol. The molecule has 0 aliphatic carbocycles. The van der Waals surface area contributed by atoms with Crippen LogP contribution in [0, 0.1) is 0 Å². The van der Waals surface area contributed by atoms with Crippen molar-refractivity contribution in [3.63, 3.8) is 0 Å². The first-order chi connectivity index (χ1) is 4.41. The SMILES string of the molecule is NCCC[N]NCCN. The number of nitrogens with one attached hydrogen (secondary N) is 1. The van der Waals surface area contributed by atoms with E-state index in [1.807, 2.05) is 0 Å². The van der Waals surface area contributed by atoms with Gasteiger partial charge >= 0.3 is 0 Å². The molecule has 0 aliphatic heterocycles. The number of hydrogen-bond acceptors (Lipinski definition) is 3. The Morgan fingerprint density at radius 3 is 2.56 bits per heavy atom. The van der Waals surface area contributed by atoms with E-state index >= 15 is 0 Å². The zero-order chi connectivity index (χ0) is 6.95. The van der Waals surface area contributed by atoms with E-state index in [9.17, 15) is 0 Å². The Balaban J connectivity index is 2.60. The van der Waals surface area contributed by atoms with E-state index in [2.05, 4.69) is 10.9 Å². The van der Waals surface area contributed by atoms with Gasteiger partial charge in [-0.2, -0.15) is 5.43 Å². The molecule has 4 nitrogen and oxygen atoms in total. The summed E-state index contributed by atoms with van der Waals surface area (Å²) in [4.78, 5) is 0. The molecule has 0 aliphatic rings. The second-order valence-corrected chi connectivity index (χ2v) is 1.72. The Morgan fingerprint density at radius 1 is 1.22 bits per heavy atom. The molecule has 0 fully saturated rings. The maximum Gasteiger partial charge on any atom is 0.0316 e. The summed E-state index contributed by atoms with van der Waals surface area (Å²) in [5.41, 5.74) is 17.2. The normalized spacial score (nSPS) is 10.0. The van der Waals surface area contributed by atoms with Gasteiger partial charge in [-0.3, -0.25) is 0 Å².